The van der Waals surface area contributed by atoms with E-state index in [0.717, 1.165) is 5.56 Å². The number of methoxy groups -OCH3 is 1. The van der Waals surface area contributed by atoms with E-state index in [-0.39, 0.29) is 11.9 Å². The number of carbonyl (C=O) groups excluding carboxylic acids is 1. The van der Waals surface area contributed by atoms with Gasteiger partial charge >= 0.3 is 0 Å². The summed E-state index contributed by atoms with van der Waals surface area (Å²) in [7, 11) is 1.46. The molecule has 0 saturated carbocycles. The summed E-state index contributed by atoms with van der Waals surface area (Å²) in [6, 6.07) is 9.26. The summed E-state index contributed by atoms with van der Waals surface area (Å²) in [4.78, 5) is 15.6. The van der Waals surface area contributed by atoms with E-state index in [2.05, 4.69) is 21.5 Å². The number of carbonyl (C=O) groups is 1. The average molecular weight is 285 g/mol. The van der Waals surface area contributed by atoms with E-state index >= 15 is 0 Å². The first-order valence-electron chi connectivity index (χ1n) is 6.34. The Morgan fingerprint density at radius 1 is 1.48 bits per heavy atom. The Morgan fingerprint density at radius 3 is 2.81 bits per heavy atom. The molecule has 0 fully saturated rings. The Labute approximate surface area is 122 Å². The fourth-order valence-corrected chi connectivity index (χ4v) is 1.62. The van der Waals surface area contributed by atoms with Crippen LogP contribution in [0.3, 0.4) is 0 Å². The van der Waals surface area contributed by atoms with Gasteiger partial charge in [-0.1, -0.05) is 12.1 Å². The van der Waals surface area contributed by atoms with Crippen molar-refractivity contribution >= 4 is 11.9 Å². The maximum absolute atomic E-state index is 11.6. The molecule has 21 heavy (non-hydrogen) atoms. The van der Waals surface area contributed by atoms with Crippen LogP contribution in [0, 0.1) is 11.3 Å². The first-order valence-corrected chi connectivity index (χ1v) is 6.34. The molecule has 0 unspecified atom stereocenters. The number of anilines is 1. The SMILES string of the molecule is CO[C@H](C)C(=O)Nc1ncn(Cc2ccc(C#N)cc2)n1. The van der Waals surface area contributed by atoms with Gasteiger partial charge in [0, 0.05) is 7.11 Å². The lowest BCUT2D eigenvalue weighted by Gasteiger charge is -2.07. The van der Waals surface area contributed by atoms with Crippen LogP contribution >= 0.6 is 0 Å². The van der Waals surface area contributed by atoms with Crippen LogP contribution in [0.15, 0.2) is 30.6 Å². The number of nitriles is 1. The minimum atomic E-state index is -0.560. The minimum absolute atomic E-state index is 0.234. The quantitative estimate of drug-likeness (QED) is 0.890. The highest BCUT2D eigenvalue weighted by Gasteiger charge is 2.13. The zero-order valence-corrected chi connectivity index (χ0v) is 11.8. The zero-order valence-electron chi connectivity index (χ0n) is 11.8. The number of nitrogens with zero attached hydrogens (tertiary/aromatic N) is 4. The topological polar surface area (TPSA) is 92.8 Å². The second-order valence-corrected chi connectivity index (χ2v) is 4.44. The van der Waals surface area contributed by atoms with Crippen molar-refractivity contribution in [2.45, 2.75) is 19.6 Å². The highest BCUT2D eigenvalue weighted by Crippen LogP contribution is 2.06. The Balaban J connectivity index is 1.99. The molecule has 1 amide bonds. The van der Waals surface area contributed by atoms with E-state index in [0.29, 0.717) is 12.1 Å². The highest BCUT2D eigenvalue weighted by molar-refractivity contribution is 5.92. The van der Waals surface area contributed by atoms with Gasteiger partial charge in [0.2, 0.25) is 5.95 Å². The van der Waals surface area contributed by atoms with Crippen molar-refractivity contribution in [2.75, 3.05) is 12.4 Å². The Kier molecular flexibility index (Phi) is 4.64. The molecule has 7 heteroatoms. The summed E-state index contributed by atoms with van der Waals surface area (Å²) in [5.41, 5.74) is 1.60. The van der Waals surface area contributed by atoms with Crippen molar-refractivity contribution in [2.24, 2.45) is 0 Å². The molecule has 0 bridgehead atoms. The molecule has 2 rings (SSSR count). The molecule has 0 aliphatic carbocycles. The number of hydrogen-bond acceptors (Lipinski definition) is 5. The summed E-state index contributed by atoms with van der Waals surface area (Å²) in [6.07, 6.45) is 0.973. The van der Waals surface area contributed by atoms with Crippen LogP contribution < -0.4 is 5.32 Å². The number of aromatic nitrogens is 3. The van der Waals surface area contributed by atoms with Crippen molar-refractivity contribution in [3.63, 3.8) is 0 Å². The third kappa shape index (κ3) is 3.87. The van der Waals surface area contributed by atoms with Gasteiger partial charge in [-0.05, 0) is 24.6 Å². The van der Waals surface area contributed by atoms with Crippen molar-refractivity contribution in [1.29, 1.82) is 5.26 Å². The van der Waals surface area contributed by atoms with Gasteiger partial charge in [-0.3, -0.25) is 10.1 Å². The van der Waals surface area contributed by atoms with Gasteiger partial charge in [-0.15, -0.1) is 5.10 Å². The molecule has 1 aromatic heterocycles. The second-order valence-electron chi connectivity index (χ2n) is 4.44. The number of hydrogen-bond donors (Lipinski definition) is 1. The molecule has 0 saturated heterocycles. The van der Waals surface area contributed by atoms with Crippen LogP contribution in [-0.2, 0) is 16.1 Å². The lowest BCUT2D eigenvalue weighted by Crippen LogP contribution is -2.27. The van der Waals surface area contributed by atoms with E-state index in [1.165, 1.54) is 13.4 Å². The molecule has 0 aliphatic rings. The number of rotatable bonds is 5. The number of ether oxygens (including phenoxy) is 1. The second kappa shape index (κ2) is 6.63. The van der Waals surface area contributed by atoms with E-state index in [9.17, 15) is 4.79 Å². The van der Waals surface area contributed by atoms with Gasteiger partial charge in [0.15, 0.2) is 0 Å². The Hall–Kier alpha value is -2.72. The number of nitrogens with one attached hydrogen (secondary N) is 1. The van der Waals surface area contributed by atoms with Gasteiger partial charge in [-0.25, -0.2) is 9.67 Å². The standard InChI is InChI=1S/C14H15N5O2/c1-10(21-2)13(20)17-14-16-9-19(18-14)8-12-5-3-11(7-15)4-6-12/h3-6,9-10H,8H2,1-2H3,(H,17,18,20)/t10-/m1/s1. The maximum Gasteiger partial charge on any atom is 0.255 e. The largest absolute Gasteiger partial charge is 0.372 e. The van der Waals surface area contributed by atoms with E-state index in [4.69, 9.17) is 10.00 Å². The first-order chi connectivity index (χ1) is 10.1. The summed E-state index contributed by atoms with van der Waals surface area (Å²) >= 11 is 0. The molecule has 1 N–H and O–H groups in total. The number of benzene rings is 1. The van der Waals surface area contributed by atoms with E-state index < -0.39 is 6.10 Å². The van der Waals surface area contributed by atoms with Crippen LogP contribution in [0.1, 0.15) is 18.1 Å². The molecule has 1 aromatic carbocycles. The van der Waals surface area contributed by atoms with Crippen molar-refractivity contribution in [3.8, 4) is 6.07 Å². The van der Waals surface area contributed by atoms with Crippen molar-refractivity contribution in [1.82, 2.24) is 14.8 Å². The molecule has 0 radical (unpaired) electrons. The summed E-state index contributed by atoms with van der Waals surface area (Å²) in [5, 5.41) is 15.5. The molecule has 108 valence electrons. The Morgan fingerprint density at radius 2 is 2.19 bits per heavy atom. The molecule has 2 aromatic rings. The average Bonchev–Trinajstić information content (AvgIpc) is 2.94. The predicted octanol–water partition coefficient (Wildman–Crippen LogP) is 1.17. The molecule has 7 nitrogen and oxygen atoms in total. The van der Waals surface area contributed by atoms with Crippen LogP contribution in [0.4, 0.5) is 5.95 Å². The molecular formula is C14H15N5O2. The third-order valence-electron chi connectivity index (χ3n) is 2.92. The summed E-state index contributed by atoms with van der Waals surface area (Å²) in [5.74, 6) is -0.0637. The fraction of sp³-hybridized carbons (Fsp3) is 0.286. The molecule has 1 heterocycles. The molecule has 0 spiro atoms. The number of amides is 1. The van der Waals surface area contributed by atoms with Gasteiger partial charge in [-0.2, -0.15) is 5.26 Å². The predicted molar refractivity (Wildman–Crippen MR) is 75.4 cm³/mol. The lowest BCUT2D eigenvalue weighted by molar-refractivity contribution is -0.124. The van der Waals surface area contributed by atoms with Crippen LogP contribution in [-0.4, -0.2) is 33.9 Å². The monoisotopic (exact) mass is 285 g/mol. The lowest BCUT2D eigenvalue weighted by atomic mass is 10.1. The van der Waals surface area contributed by atoms with Crippen LogP contribution in [0.25, 0.3) is 0 Å². The van der Waals surface area contributed by atoms with Crippen LogP contribution in [0.5, 0.6) is 0 Å². The normalized spacial score (nSPS) is 11.7. The Bertz CT molecular complexity index is 657. The molecule has 1 atom stereocenters. The smallest absolute Gasteiger partial charge is 0.255 e. The molecular weight excluding hydrogens is 270 g/mol. The summed E-state index contributed by atoms with van der Waals surface area (Å²) < 4.78 is 6.51. The van der Waals surface area contributed by atoms with Gasteiger partial charge in [0.05, 0.1) is 18.2 Å². The molecule has 0 aliphatic heterocycles. The van der Waals surface area contributed by atoms with Gasteiger partial charge < -0.3 is 4.74 Å². The van der Waals surface area contributed by atoms with Crippen LogP contribution in [0.2, 0.25) is 0 Å². The van der Waals surface area contributed by atoms with E-state index in [1.807, 2.05) is 12.1 Å². The van der Waals surface area contributed by atoms with Gasteiger partial charge in [0.25, 0.3) is 5.91 Å². The fourth-order valence-electron chi connectivity index (χ4n) is 1.62. The zero-order chi connectivity index (χ0) is 15.2. The maximum atomic E-state index is 11.6. The van der Waals surface area contributed by atoms with Crippen molar-refractivity contribution < 1.29 is 9.53 Å². The van der Waals surface area contributed by atoms with E-state index in [1.54, 1.807) is 23.7 Å². The first kappa shape index (κ1) is 14.7. The minimum Gasteiger partial charge on any atom is -0.372 e. The van der Waals surface area contributed by atoms with Crippen molar-refractivity contribution in [3.05, 3.63) is 41.7 Å². The highest BCUT2D eigenvalue weighted by atomic mass is 16.5. The third-order valence-corrected chi connectivity index (χ3v) is 2.92. The van der Waals surface area contributed by atoms with Gasteiger partial charge in [0.1, 0.15) is 12.4 Å². The summed E-state index contributed by atoms with van der Waals surface area (Å²) in [6.45, 7) is 2.15.